The standard InChI is InChI=1S/C19H29N3O2/c1-4-20(5-2)11-10-18(23)21-12-14-22(15-13-21)19(24)17-8-6-16(3)7-9-17/h6-9H,4-5,10-15H2,1-3H3. The Labute approximate surface area is 145 Å². The number of benzene rings is 1. The summed E-state index contributed by atoms with van der Waals surface area (Å²) in [5, 5.41) is 0. The van der Waals surface area contributed by atoms with Crippen molar-refractivity contribution in [2.75, 3.05) is 45.8 Å². The Morgan fingerprint density at radius 1 is 0.958 bits per heavy atom. The van der Waals surface area contributed by atoms with E-state index in [4.69, 9.17) is 0 Å². The summed E-state index contributed by atoms with van der Waals surface area (Å²) in [5.74, 6) is 0.259. The van der Waals surface area contributed by atoms with Crippen molar-refractivity contribution >= 4 is 11.8 Å². The zero-order valence-electron chi connectivity index (χ0n) is 15.1. The van der Waals surface area contributed by atoms with Gasteiger partial charge in [-0.25, -0.2) is 0 Å². The van der Waals surface area contributed by atoms with Crippen molar-refractivity contribution in [1.82, 2.24) is 14.7 Å². The summed E-state index contributed by atoms with van der Waals surface area (Å²) in [5.41, 5.74) is 1.87. The molecule has 5 heteroatoms. The molecule has 1 aromatic rings. The maximum atomic E-state index is 12.5. The van der Waals surface area contributed by atoms with Crippen LogP contribution in [0.2, 0.25) is 0 Å². The highest BCUT2D eigenvalue weighted by Gasteiger charge is 2.24. The molecule has 0 spiro atoms. The molecule has 1 aliphatic rings. The second-order valence-electron chi connectivity index (χ2n) is 6.32. The summed E-state index contributed by atoms with van der Waals surface area (Å²) >= 11 is 0. The first-order chi connectivity index (χ1) is 11.5. The number of aryl methyl sites for hydroxylation is 1. The lowest BCUT2D eigenvalue weighted by Gasteiger charge is -2.35. The van der Waals surface area contributed by atoms with E-state index in [1.54, 1.807) is 0 Å². The van der Waals surface area contributed by atoms with Gasteiger partial charge in [-0.15, -0.1) is 0 Å². The quantitative estimate of drug-likeness (QED) is 0.801. The molecule has 132 valence electrons. The van der Waals surface area contributed by atoms with Crippen LogP contribution in [0, 0.1) is 6.92 Å². The van der Waals surface area contributed by atoms with Gasteiger partial charge in [0.25, 0.3) is 5.91 Å². The zero-order valence-corrected chi connectivity index (χ0v) is 15.1. The fourth-order valence-corrected chi connectivity index (χ4v) is 2.99. The Morgan fingerprint density at radius 2 is 1.50 bits per heavy atom. The summed E-state index contributed by atoms with van der Waals surface area (Å²) in [4.78, 5) is 30.8. The number of carbonyl (C=O) groups is 2. The SMILES string of the molecule is CCN(CC)CCC(=O)N1CCN(C(=O)c2ccc(C)cc2)CC1. The number of rotatable bonds is 6. The monoisotopic (exact) mass is 331 g/mol. The predicted octanol–water partition coefficient (Wildman–Crippen LogP) is 2.01. The van der Waals surface area contributed by atoms with Crippen LogP contribution in [0.4, 0.5) is 0 Å². The van der Waals surface area contributed by atoms with Gasteiger partial charge in [-0.3, -0.25) is 9.59 Å². The van der Waals surface area contributed by atoms with Crippen LogP contribution in [0.5, 0.6) is 0 Å². The fourth-order valence-electron chi connectivity index (χ4n) is 2.99. The van der Waals surface area contributed by atoms with Crippen LogP contribution in [0.15, 0.2) is 24.3 Å². The molecule has 0 saturated carbocycles. The van der Waals surface area contributed by atoms with Gasteiger partial charge in [0.2, 0.25) is 5.91 Å². The van der Waals surface area contributed by atoms with Gasteiger partial charge in [-0.1, -0.05) is 31.5 Å². The van der Waals surface area contributed by atoms with Crippen LogP contribution in [0.3, 0.4) is 0 Å². The van der Waals surface area contributed by atoms with Crippen LogP contribution in [-0.4, -0.2) is 72.3 Å². The van der Waals surface area contributed by atoms with Crippen LogP contribution in [0.25, 0.3) is 0 Å². The van der Waals surface area contributed by atoms with Crippen LogP contribution in [-0.2, 0) is 4.79 Å². The van der Waals surface area contributed by atoms with E-state index in [2.05, 4.69) is 18.7 Å². The van der Waals surface area contributed by atoms with Gasteiger partial charge in [-0.2, -0.15) is 0 Å². The molecule has 2 amide bonds. The zero-order chi connectivity index (χ0) is 17.5. The first kappa shape index (κ1) is 18.5. The molecule has 0 radical (unpaired) electrons. The lowest BCUT2D eigenvalue weighted by molar-refractivity contribution is -0.133. The molecule has 1 saturated heterocycles. The molecule has 5 nitrogen and oxygen atoms in total. The summed E-state index contributed by atoms with van der Waals surface area (Å²) < 4.78 is 0. The Hall–Kier alpha value is -1.88. The lowest BCUT2D eigenvalue weighted by atomic mass is 10.1. The molecular weight excluding hydrogens is 302 g/mol. The van der Waals surface area contributed by atoms with E-state index in [0.717, 1.165) is 30.8 Å². The van der Waals surface area contributed by atoms with E-state index in [1.165, 1.54) is 0 Å². The van der Waals surface area contributed by atoms with Crippen molar-refractivity contribution in [1.29, 1.82) is 0 Å². The summed E-state index contributed by atoms with van der Waals surface area (Å²) in [6, 6.07) is 7.67. The molecule has 0 unspecified atom stereocenters. The second kappa shape index (κ2) is 8.83. The Kier molecular flexibility index (Phi) is 6.79. The summed E-state index contributed by atoms with van der Waals surface area (Å²) in [6.45, 7) is 11.5. The van der Waals surface area contributed by atoms with Crippen molar-refractivity contribution in [2.45, 2.75) is 27.2 Å². The average molecular weight is 331 g/mol. The van der Waals surface area contributed by atoms with Gasteiger partial charge in [0.1, 0.15) is 0 Å². The van der Waals surface area contributed by atoms with Crippen LogP contribution >= 0.6 is 0 Å². The minimum absolute atomic E-state index is 0.0604. The van der Waals surface area contributed by atoms with E-state index in [9.17, 15) is 9.59 Å². The van der Waals surface area contributed by atoms with E-state index in [-0.39, 0.29) is 11.8 Å². The Balaban J connectivity index is 1.81. The number of hydrogen-bond donors (Lipinski definition) is 0. The van der Waals surface area contributed by atoms with E-state index in [1.807, 2.05) is 41.0 Å². The van der Waals surface area contributed by atoms with Gasteiger partial charge in [-0.05, 0) is 32.1 Å². The van der Waals surface area contributed by atoms with Crippen molar-refractivity contribution in [3.05, 3.63) is 35.4 Å². The van der Waals surface area contributed by atoms with E-state index in [0.29, 0.717) is 32.6 Å². The number of hydrogen-bond acceptors (Lipinski definition) is 3. The van der Waals surface area contributed by atoms with Crippen molar-refractivity contribution < 1.29 is 9.59 Å². The molecule has 2 rings (SSSR count). The van der Waals surface area contributed by atoms with E-state index < -0.39 is 0 Å². The average Bonchev–Trinajstić information content (AvgIpc) is 2.62. The summed E-state index contributed by atoms with van der Waals surface area (Å²) in [7, 11) is 0. The molecular formula is C19H29N3O2. The largest absolute Gasteiger partial charge is 0.339 e. The number of carbonyl (C=O) groups excluding carboxylic acids is 2. The normalized spacial score (nSPS) is 15.0. The fraction of sp³-hybridized carbons (Fsp3) is 0.579. The summed E-state index contributed by atoms with van der Waals surface area (Å²) in [6.07, 6.45) is 0.563. The Morgan fingerprint density at radius 3 is 2.04 bits per heavy atom. The highest BCUT2D eigenvalue weighted by atomic mass is 16.2. The van der Waals surface area contributed by atoms with Crippen molar-refractivity contribution in [3.8, 4) is 0 Å². The predicted molar refractivity (Wildman–Crippen MR) is 96.1 cm³/mol. The molecule has 0 aliphatic carbocycles. The molecule has 24 heavy (non-hydrogen) atoms. The van der Waals surface area contributed by atoms with Crippen molar-refractivity contribution in [3.63, 3.8) is 0 Å². The third-order valence-electron chi connectivity index (χ3n) is 4.75. The van der Waals surface area contributed by atoms with Gasteiger partial charge in [0.05, 0.1) is 0 Å². The third-order valence-corrected chi connectivity index (χ3v) is 4.75. The number of piperazine rings is 1. The molecule has 1 heterocycles. The number of nitrogens with zero attached hydrogens (tertiary/aromatic N) is 3. The molecule has 0 aromatic heterocycles. The van der Waals surface area contributed by atoms with Gasteiger partial charge >= 0.3 is 0 Å². The molecule has 1 aromatic carbocycles. The minimum atomic E-state index is 0.0604. The molecule has 0 N–H and O–H groups in total. The topological polar surface area (TPSA) is 43.9 Å². The van der Waals surface area contributed by atoms with Gasteiger partial charge in [0.15, 0.2) is 0 Å². The molecule has 0 atom stereocenters. The highest BCUT2D eigenvalue weighted by molar-refractivity contribution is 5.94. The van der Waals surface area contributed by atoms with Crippen LogP contribution in [0.1, 0.15) is 36.2 Å². The van der Waals surface area contributed by atoms with Gasteiger partial charge < -0.3 is 14.7 Å². The van der Waals surface area contributed by atoms with Gasteiger partial charge in [0, 0.05) is 44.7 Å². The third kappa shape index (κ3) is 4.81. The second-order valence-corrected chi connectivity index (χ2v) is 6.32. The van der Waals surface area contributed by atoms with E-state index >= 15 is 0 Å². The van der Waals surface area contributed by atoms with Crippen LogP contribution < -0.4 is 0 Å². The molecule has 0 bridgehead atoms. The molecule has 1 fully saturated rings. The highest BCUT2D eigenvalue weighted by Crippen LogP contribution is 2.11. The smallest absolute Gasteiger partial charge is 0.253 e. The molecule has 1 aliphatic heterocycles. The van der Waals surface area contributed by atoms with Crippen molar-refractivity contribution in [2.24, 2.45) is 0 Å². The Bertz CT molecular complexity index is 544. The maximum Gasteiger partial charge on any atom is 0.253 e. The first-order valence-electron chi connectivity index (χ1n) is 8.91. The minimum Gasteiger partial charge on any atom is -0.339 e. The number of amides is 2. The first-order valence-corrected chi connectivity index (χ1v) is 8.91. The maximum absolute atomic E-state index is 12.5. The lowest BCUT2D eigenvalue weighted by Crippen LogP contribution is -2.51.